The maximum absolute atomic E-state index is 13.0. The van der Waals surface area contributed by atoms with Crippen LogP contribution in [0.15, 0.2) is 0 Å². The minimum atomic E-state index is -0.226. The number of nitrogens with zero attached hydrogens (tertiary/aromatic N) is 3. The maximum atomic E-state index is 13.0. The molecule has 0 N–H and O–H groups in total. The molecule has 1 aliphatic rings. The zero-order valence-electron chi connectivity index (χ0n) is 15.1. The molecule has 2 aromatic heterocycles. The highest BCUT2D eigenvalue weighted by atomic mass is 32.1. The van der Waals surface area contributed by atoms with Crippen LogP contribution < -0.4 is 0 Å². The van der Waals surface area contributed by atoms with E-state index < -0.39 is 0 Å². The Hall–Kier alpha value is -2.02. The van der Waals surface area contributed by atoms with Crippen LogP contribution in [0.3, 0.4) is 0 Å². The van der Waals surface area contributed by atoms with Gasteiger partial charge in [-0.05, 0) is 46.1 Å². The second-order valence-electron chi connectivity index (χ2n) is 6.43. The Labute approximate surface area is 151 Å². The van der Waals surface area contributed by atoms with Gasteiger partial charge < -0.3 is 9.64 Å². The predicted molar refractivity (Wildman–Crippen MR) is 96.9 cm³/mol. The first-order valence-electron chi connectivity index (χ1n) is 8.62. The second kappa shape index (κ2) is 7.07. The quantitative estimate of drug-likeness (QED) is 0.786. The van der Waals surface area contributed by atoms with Crippen molar-refractivity contribution >= 4 is 33.4 Å². The van der Waals surface area contributed by atoms with Crippen molar-refractivity contribution in [3.63, 3.8) is 0 Å². The maximum Gasteiger partial charge on any atom is 0.310 e. The van der Waals surface area contributed by atoms with Crippen molar-refractivity contribution in [2.45, 2.75) is 40.5 Å². The lowest BCUT2D eigenvalue weighted by molar-refractivity contribution is -0.149. The summed E-state index contributed by atoms with van der Waals surface area (Å²) in [5, 5.41) is 0.970. The molecule has 0 spiro atoms. The first-order chi connectivity index (χ1) is 11.9. The Morgan fingerprint density at radius 2 is 2.04 bits per heavy atom. The summed E-state index contributed by atoms with van der Waals surface area (Å²) in [5.74, 6) is 0.263. The molecular weight excluding hydrogens is 338 g/mol. The fourth-order valence-electron chi connectivity index (χ4n) is 3.44. The molecule has 3 rings (SSSR count). The number of thiophene rings is 1. The number of carbonyl (C=O) groups is 2. The van der Waals surface area contributed by atoms with E-state index >= 15 is 0 Å². The number of esters is 1. The minimum absolute atomic E-state index is 0.0217. The Morgan fingerprint density at radius 1 is 1.28 bits per heavy atom. The number of hydrogen-bond acceptors (Lipinski definition) is 6. The first kappa shape index (κ1) is 17.8. The van der Waals surface area contributed by atoms with Crippen LogP contribution in [0.2, 0.25) is 0 Å². The summed E-state index contributed by atoms with van der Waals surface area (Å²) in [6, 6.07) is 0. The van der Waals surface area contributed by atoms with Crippen LogP contribution in [0.4, 0.5) is 0 Å². The summed E-state index contributed by atoms with van der Waals surface area (Å²) in [6.45, 7) is 9.03. The summed E-state index contributed by atoms with van der Waals surface area (Å²) < 4.78 is 5.12. The van der Waals surface area contributed by atoms with Gasteiger partial charge in [-0.3, -0.25) is 9.59 Å². The molecular formula is C18H23N3O3S. The van der Waals surface area contributed by atoms with Crippen LogP contribution >= 0.6 is 11.3 Å². The number of carbonyl (C=O) groups excluding carboxylic acids is 2. The summed E-state index contributed by atoms with van der Waals surface area (Å²) >= 11 is 1.42. The number of amides is 1. The molecule has 0 radical (unpaired) electrons. The molecule has 1 saturated heterocycles. The molecule has 2 aromatic rings. The summed E-state index contributed by atoms with van der Waals surface area (Å²) in [4.78, 5) is 37.3. The molecule has 0 saturated carbocycles. The Kier molecular flexibility index (Phi) is 5.03. The summed E-state index contributed by atoms with van der Waals surface area (Å²) in [5.41, 5.74) is 1.83. The molecule has 134 valence electrons. The van der Waals surface area contributed by atoms with Gasteiger partial charge >= 0.3 is 5.97 Å². The standard InChI is InChI=1S/C18H23N3O3S/c1-5-24-18(23)13-7-6-8-21(9-13)17(22)15-10(2)14-11(3)19-12(4)20-16(14)25-15/h13H,5-9H2,1-4H3. The third-order valence-corrected chi connectivity index (χ3v) is 5.78. The van der Waals surface area contributed by atoms with Crippen LogP contribution in [-0.2, 0) is 9.53 Å². The van der Waals surface area contributed by atoms with Crippen LogP contribution in [0.5, 0.6) is 0 Å². The van der Waals surface area contributed by atoms with E-state index in [2.05, 4.69) is 9.97 Å². The third kappa shape index (κ3) is 3.38. The number of piperidine rings is 1. The topological polar surface area (TPSA) is 72.4 Å². The number of fused-ring (bicyclic) bond motifs is 1. The fourth-order valence-corrected chi connectivity index (χ4v) is 4.68. The molecule has 0 aliphatic carbocycles. The number of ether oxygens (including phenoxy) is 1. The number of rotatable bonds is 3. The van der Waals surface area contributed by atoms with Gasteiger partial charge in [-0.1, -0.05) is 0 Å². The minimum Gasteiger partial charge on any atom is -0.466 e. The van der Waals surface area contributed by atoms with E-state index in [1.54, 1.807) is 11.8 Å². The van der Waals surface area contributed by atoms with E-state index in [0.717, 1.165) is 34.3 Å². The molecule has 7 heteroatoms. The van der Waals surface area contributed by atoms with E-state index in [0.29, 0.717) is 30.4 Å². The molecule has 1 fully saturated rings. The van der Waals surface area contributed by atoms with Gasteiger partial charge in [0.05, 0.1) is 17.4 Å². The highest BCUT2D eigenvalue weighted by Crippen LogP contribution is 2.33. The zero-order chi connectivity index (χ0) is 18.1. The smallest absolute Gasteiger partial charge is 0.310 e. The molecule has 1 aliphatic heterocycles. The van der Waals surface area contributed by atoms with Gasteiger partial charge in [-0.25, -0.2) is 9.97 Å². The average Bonchev–Trinajstić information content (AvgIpc) is 2.91. The van der Waals surface area contributed by atoms with Crippen molar-refractivity contribution in [3.05, 3.63) is 22.0 Å². The van der Waals surface area contributed by atoms with Crippen molar-refractivity contribution in [3.8, 4) is 0 Å². The molecule has 3 heterocycles. The van der Waals surface area contributed by atoms with Gasteiger partial charge in [0.15, 0.2) is 0 Å². The molecule has 1 amide bonds. The molecule has 1 unspecified atom stereocenters. The molecule has 25 heavy (non-hydrogen) atoms. The highest BCUT2D eigenvalue weighted by Gasteiger charge is 2.31. The van der Waals surface area contributed by atoms with Crippen molar-refractivity contribution < 1.29 is 14.3 Å². The number of aryl methyl sites for hydroxylation is 3. The monoisotopic (exact) mass is 361 g/mol. The molecule has 1 atom stereocenters. The summed E-state index contributed by atoms with van der Waals surface area (Å²) in [6.07, 6.45) is 1.59. The van der Waals surface area contributed by atoms with Crippen LogP contribution in [0, 0.1) is 26.7 Å². The van der Waals surface area contributed by atoms with Gasteiger partial charge in [0.1, 0.15) is 10.7 Å². The zero-order valence-corrected chi connectivity index (χ0v) is 15.9. The van der Waals surface area contributed by atoms with E-state index in [4.69, 9.17) is 4.74 Å². The predicted octanol–water partition coefficient (Wildman–Crippen LogP) is 3.03. The number of likely N-dealkylation sites (tertiary alicyclic amines) is 1. The van der Waals surface area contributed by atoms with E-state index in [-0.39, 0.29) is 17.8 Å². The Morgan fingerprint density at radius 3 is 2.76 bits per heavy atom. The van der Waals surface area contributed by atoms with Gasteiger partial charge in [-0.2, -0.15) is 0 Å². The lowest BCUT2D eigenvalue weighted by atomic mass is 9.98. The number of aromatic nitrogens is 2. The molecule has 6 nitrogen and oxygen atoms in total. The van der Waals surface area contributed by atoms with Crippen molar-refractivity contribution in [1.29, 1.82) is 0 Å². The van der Waals surface area contributed by atoms with Gasteiger partial charge in [-0.15, -0.1) is 11.3 Å². The van der Waals surface area contributed by atoms with Gasteiger partial charge in [0.25, 0.3) is 5.91 Å². The molecule has 0 bridgehead atoms. The van der Waals surface area contributed by atoms with Gasteiger partial charge in [0, 0.05) is 24.2 Å². The third-order valence-electron chi connectivity index (χ3n) is 4.61. The van der Waals surface area contributed by atoms with Crippen molar-refractivity contribution in [2.24, 2.45) is 5.92 Å². The van der Waals surface area contributed by atoms with E-state index in [1.165, 1.54) is 11.3 Å². The molecule has 0 aromatic carbocycles. The summed E-state index contributed by atoms with van der Waals surface area (Å²) in [7, 11) is 0. The Bertz CT molecular complexity index is 831. The average molecular weight is 361 g/mol. The normalized spacial score (nSPS) is 17.8. The largest absolute Gasteiger partial charge is 0.466 e. The van der Waals surface area contributed by atoms with Crippen LogP contribution in [0.25, 0.3) is 10.2 Å². The van der Waals surface area contributed by atoms with Gasteiger partial charge in [0.2, 0.25) is 0 Å². The highest BCUT2D eigenvalue weighted by molar-refractivity contribution is 7.20. The SMILES string of the molecule is CCOC(=O)C1CCCN(C(=O)c2sc3nc(C)nc(C)c3c2C)C1. The lowest BCUT2D eigenvalue weighted by Gasteiger charge is -2.31. The number of hydrogen-bond donors (Lipinski definition) is 0. The van der Waals surface area contributed by atoms with Crippen molar-refractivity contribution in [1.82, 2.24) is 14.9 Å². The second-order valence-corrected chi connectivity index (χ2v) is 7.43. The van der Waals surface area contributed by atoms with E-state index in [9.17, 15) is 9.59 Å². The first-order valence-corrected chi connectivity index (χ1v) is 9.44. The lowest BCUT2D eigenvalue weighted by Crippen LogP contribution is -2.42. The van der Waals surface area contributed by atoms with Crippen molar-refractivity contribution in [2.75, 3.05) is 19.7 Å². The Balaban J connectivity index is 1.88. The van der Waals surface area contributed by atoms with Crippen LogP contribution in [0.1, 0.15) is 46.5 Å². The fraction of sp³-hybridized carbons (Fsp3) is 0.556. The van der Waals surface area contributed by atoms with Crippen LogP contribution in [-0.4, -0.2) is 46.4 Å². The van der Waals surface area contributed by atoms with E-state index in [1.807, 2.05) is 20.8 Å².